The zero-order valence-corrected chi connectivity index (χ0v) is 22.2. The van der Waals surface area contributed by atoms with Gasteiger partial charge in [-0.2, -0.15) is 4.39 Å². The van der Waals surface area contributed by atoms with Gasteiger partial charge in [-0.3, -0.25) is 9.78 Å². The van der Waals surface area contributed by atoms with E-state index in [1.807, 2.05) is 37.3 Å². The van der Waals surface area contributed by atoms with Gasteiger partial charge in [0.05, 0.1) is 12.8 Å². The maximum Gasteiger partial charge on any atom is 0.408 e. The first-order valence-corrected chi connectivity index (χ1v) is 13.5. The van der Waals surface area contributed by atoms with Crippen molar-refractivity contribution in [3.63, 3.8) is 0 Å². The Morgan fingerprint density at radius 3 is 2.41 bits per heavy atom. The number of carbonyl (C=O) groups excluding carboxylic acids is 2. The predicted octanol–water partition coefficient (Wildman–Crippen LogP) is 5.66. The maximum atomic E-state index is 15.2. The van der Waals surface area contributed by atoms with Crippen molar-refractivity contribution in [2.45, 2.75) is 52.2 Å². The van der Waals surface area contributed by atoms with Gasteiger partial charge in [-0.25, -0.2) is 9.78 Å². The van der Waals surface area contributed by atoms with Crippen LogP contribution in [0.1, 0.15) is 43.9 Å². The smallest absolute Gasteiger partial charge is 0.408 e. The third-order valence-electron chi connectivity index (χ3n) is 7.25. The molecule has 9 heteroatoms. The highest BCUT2D eigenvalue weighted by Gasteiger charge is 2.48. The summed E-state index contributed by atoms with van der Waals surface area (Å²) in [5.74, 6) is 0.209. The van der Waals surface area contributed by atoms with Crippen molar-refractivity contribution < 1.29 is 23.5 Å². The Morgan fingerprint density at radius 2 is 1.77 bits per heavy atom. The Morgan fingerprint density at radius 1 is 1.05 bits per heavy atom. The van der Waals surface area contributed by atoms with Crippen molar-refractivity contribution in [3.8, 4) is 16.9 Å². The number of amides is 2. The first-order chi connectivity index (χ1) is 18.9. The highest BCUT2D eigenvalue weighted by atomic mass is 19.1. The zero-order chi connectivity index (χ0) is 27.4. The van der Waals surface area contributed by atoms with E-state index in [9.17, 15) is 9.59 Å². The fourth-order valence-corrected chi connectivity index (χ4v) is 5.06. The van der Waals surface area contributed by atoms with Gasteiger partial charge in [0, 0.05) is 16.8 Å². The second-order valence-corrected chi connectivity index (χ2v) is 10.2. The van der Waals surface area contributed by atoms with E-state index in [0.717, 1.165) is 31.2 Å². The highest BCUT2D eigenvalue weighted by molar-refractivity contribution is 5.96. The average Bonchev–Trinajstić information content (AvgIpc) is 3.85. The Balaban J connectivity index is 1.31. The van der Waals surface area contributed by atoms with E-state index in [-0.39, 0.29) is 23.9 Å². The third kappa shape index (κ3) is 6.71. The van der Waals surface area contributed by atoms with Crippen LogP contribution in [0.15, 0.2) is 54.7 Å². The number of halogens is 1. The first kappa shape index (κ1) is 26.6. The number of anilines is 1. The molecule has 1 atom stereocenters. The molecule has 2 amide bonds. The van der Waals surface area contributed by atoms with E-state index in [2.05, 4.69) is 20.6 Å². The molecule has 204 valence electrons. The lowest BCUT2D eigenvalue weighted by Crippen LogP contribution is -2.50. The number of aromatic nitrogens is 2. The molecule has 2 aliphatic rings. The van der Waals surface area contributed by atoms with Gasteiger partial charge < -0.3 is 20.1 Å². The average molecular weight is 533 g/mol. The number of rotatable bonds is 11. The standard InChI is InChI=1S/C30H33FN4O4/c1-3-38-22-15-24(18(2)32-16-22)23-13-14-25(33-28(23)31)34-29(36)27(26(20-9-10-20)21-11-12-21)35-30(37)39-17-19-7-5-4-6-8-19/h4-8,13-16,20-21,26-27H,3,9-12,17H2,1-2H3,(H,35,37)(H,33,34,36)/t27-/m0/s1. The number of hydrogen-bond acceptors (Lipinski definition) is 6. The second kappa shape index (κ2) is 11.8. The molecule has 0 saturated heterocycles. The van der Waals surface area contributed by atoms with Crippen molar-refractivity contribution in [1.29, 1.82) is 0 Å². The van der Waals surface area contributed by atoms with Crippen molar-refractivity contribution in [1.82, 2.24) is 15.3 Å². The normalized spacial score (nSPS) is 15.5. The van der Waals surface area contributed by atoms with E-state index in [1.165, 1.54) is 0 Å². The molecule has 0 unspecified atom stereocenters. The van der Waals surface area contributed by atoms with E-state index in [1.54, 1.807) is 31.3 Å². The topological polar surface area (TPSA) is 102 Å². The number of nitrogens with one attached hydrogen (secondary N) is 2. The summed E-state index contributed by atoms with van der Waals surface area (Å²) < 4.78 is 26.1. The second-order valence-electron chi connectivity index (χ2n) is 10.2. The summed E-state index contributed by atoms with van der Waals surface area (Å²) in [6.45, 7) is 4.21. The van der Waals surface area contributed by atoms with Gasteiger partial charge in [0.1, 0.15) is 24.2 Å². The summed E-state index contributed by atoms with van der Waals surface area (Å²) in [6.07, 6.45) is 5.05. The monoisotopic (exact) mass is 532 g/mol. The number of hydrogen-bond donors (Lipinski definition) is 2. The van der Waals surface area contributed by atoms with Crippen molar-refractivity contribution in [3.05, 3.63) is 71.9 Å². The van der Waals surface area contributed by atoms with Crippen molar-refractivity contribution in [2.75, 3.05) is 11.9 Å². The van der Waals surface area contributed by atoms with Crippen LogP contribution in [0.3, 0.4) is 0 Å². The van der Waals surface area contributed by atoms with E-state index < -0.39 is 24.0 Å². The molecule has 2 saturated carbocycles. The molecule has 2 heterocycles. The lowest BCUT2D eigenvalue weighted by Gasteiger charge is -2.27. The number of pyridine rings is 2. The van der Waals surface area contributed by atoms with Crippen LogP contribution < -0.4 is 15.4 Å². The van der Waals surface area contributed by atoms with Gasteiger partial charge in [0.25, 0.3) is 0 Å². The van der Waals surface area contributed by atoms with Gasteiger partial charge in [0.15, 0.2) is 0 Å². The summed E-state index contributed by atoms with van der Waals surface area (Å²) in [4.78, 5) is 34.5. The fourth-order valence-electron chi connectivity index (χ4n) is 5.06. The van der Waals surface area contributed by atoms with E-state index >= 15 is 4.39 Å². The molecule has 0 radical (unpaired) electrons. The Kier molecular flexibility index (Phi) is 8.05. The third-order valence-corrected chi connectivity index (χ3v) is 7.25. The molecule has 0 aliphatic heterocycles. The van der Waals surface area contributed by atoms with Crippen LogP contribution >= 0.6 is 0 Å². The largest absolute Gasteiger partial charge is 0.492 e. The molecule has 0 bridgehead atoms. The number of carbonyl (C=O) groups is 2. The van der Waals surface area contributed by atoms with Gasteiger partial charge in [-0.15, -0.1) is 0 Å². The molecule has 5 rings (SSSR count). The van der Waals surface area contributed by atoms with Crippen LogP contribution in [-0.4, -0.2) is 34.6 Å². The minimum absolute atomic E-state index is 0.00780. The molecule has 2 aliphatic carbocycles. The molecule has 2 aromatic heterocycles. The fraction of sp³-hybridized carbons (Fsp3) is 0.400. The summed E-state index contributed by atoms with van der Waals surface area (Å²) in [6, 6.07) is 13.4. The molecule has 8 nitrogen and oxygen atoms in total. The van der Waals surface area contributed by atoms with Crippen LogP contribution in [-0.2, 0) is 16.1 Å². The predicted molar refractivity (Wildman–Crippen MR) is 144 cm³/mol. The summed E-state index contributed by atoms with van der Waals surface area (Å²) in [7, 11) is 0. The number of benzene rings is 1. The van der Waals surface area contributed by atoms with Crippen LogP contribution in [0, 0.1) is 30.6 Å². The highest BCUT2D eigenvalue weighted by Crippen LogP contribution is 2.51. The summed E-state index contributed by atoms with van der Waals surface area (Å²) >= 11 is 0. The van der Waals surface area contributed by atoms with Crippen LogP contribution in [0.5, 0.6) is 5.75 Å². The van der Waals surface area contributed by atoms with Crippen molar-refractivity contribution >= 4 is 17.8 Å². The minimum atomic E-state index is -0.799. The number of alkyl carbamates (subject to hydrolysis) is 1. The number of nitrogens with zero attached hydrogens (tertiary/aromatic N) is 2. The van der Waals surface area contributed by atoms with E-state index in [0.29, 0.717) is 35.4 Å². The lowest BCUT2D eigenvalue weighted by molar-refractivity contribution is -0.119. The summed E-state index contributed by atoms with van der Waals surface area (Å²) in [5.41, 5.74) is 2.30. The van der Waals surface area contributed by atoms with Crippen LogP contribution in [0.2, 0.25) is 0 Å². The molecule has 1 aromatic carbocycles. The van der Waals surface area contributed by atoms with Gasteiger partial charge in [-0.1, -0.05) is 30.3 Å². The van der Waals surface area contributed by atoms with Gasteiger partial charge in [0.2, 0.25) is 11.9 Å². The Labute approximate surface area is 227 Å². The van der Waals surface area contributed by atoms with Crippen molar-refractivity contribution in [2.24, 2.45) is 17.8 Å². The van der Waals surface area contributed by atoms with Gasteiger partial charge >= 0.3 is 6.09 Å². The molecule has 39 heavy (non-hydrogen) atoms. The van der Waals surface area contributed by atoms with Crippen LogP contribution in [0.4, 0.5) is 15.0 Å². The first-order valence-electron chi connectivity index (χ1n) is 13.5. The van der Waals surface area contributed by atoms with Crippen LogP contribution in [0.25, 0.3) is 11.1 Å². The molecular formula is C30H33FN4O4. The van der Waals surface area contributed by atoms with Gasteiger partial charge in [-0.05, 0) is 81.0 Å². The van der Waals surface area contributed by atoms with E-state index in [4.69, 9.17) is 9.47 Å². The molecule has 3 aromatic rings. The quantitative estimate of drug-likeness (QED) is 0.309. The molecule has 2 N–H and O–H groups in total. The minimum Gasteiger partial charge on any atom is -0.492 e. The SMILES string of the molecule is CCOc1cnc(C)c(-c2ccc(NC(=O)[C@@H](NC(=O)OCc3ccccc3)C(C3CC3)C3CC3)nc2F)c1. The summed E-state index contributed by atoms with van der Waals surface area (Å²) in [5, 5.41) is 5.54. The number of aryl methyl sites for hydroxylation is 1. The molecular weight excluding hydrogens is 499 g/mol. The molecule has 0 spiro atoms. The lowest BCUT2D eigenvalue weighted by atomic mass is 9.89. The Hall–Kier alpha value is -4.01. The Bertz CT molecular complexity index is 1320. The zero-order valence-electron chi connectivity index (χ0n) is 22.2. The maximum absolute atomic E-state index is 15.2. The molecule has 2 fully saturated rings. The number of ether oxygens (including phenoxy) is 2.